The van der Waals surface area contributed by atoms with Gasteiger partial charge in [-0.1, -0.05) is 19.3 Å². The van der Waals surface area contributed by atoms with Crippen molar-refractivity contribution in [2.75, 3.05) is 13.1 Å². The number of pyridine rings is 1. The zero-order valence-corrected chi connectivity index (χ0v) is 18.9. The number of hydrogen-bond acceptors (Lipinski definition) is 6. The zero-order valence-electron chi connectivity index (χ0n) is 18.9. The van der Waals surface area contributed by atoms with Crippen molar-refractivity contribution in [1.29, 1.82) is 0 Å². The molecule has 1 atom stereocenters. The minimum absolute atomic E-state index is 0.102. The predicted octanol–water partition coefficient (Wildman–Crippen LogP) is 3.18. The Morgan fingerprint density at radius 2 is 1.75 bits per heavy atom. The van der Waals surface area contributed by atoms with Crippen molar-refractivity contribution >= 4 is 10.9 Å². The molecule has 2 aliphatic rings. The fraction of sp³-hybridized carbons (Fsp3) is 0.583. The van der Waals surface area contributed by atoms with Gasteiger partial charge in [-0.05, 0) is 84.7 Å². The molecule has 0 unspecified atom stereocenters. The van der Waals surface area contributed by atoms with Crippen LogP contribution in [-0.2, 0) is 0 Å². The van der Waals surface area contributed by atoms with Crippen molar-refractivity contribution in [2.24, 2.45) is 0 Å². The van der Waals surface area contributed by atoms with E-state index in [-0.39, 0.29) is 23.7 Å². The minimum atomic E-state index is -0.339. The van der Waals surface area contributed by atoms with E-state index >= 15 is 0 Å². The summed E-state index contributed by atoms with van der Waals surface area (Å²) in [6.07, 6.45) is 6.83. The molecule has 0 bridgehead atoms. The lowest BCUT2D eigenvalue weighted by atomic mass is 9.94. The molecule has 0 spiro atoms. The highest BCUT2D eigenvalue weighted by Crippen LogP contribution is 2.34. The van der Waals surface area contributed by atoms with Crippen molar-refractivity contribution in [3.63, 3.8) is 0 Å². The predicted molar refractivity (Wildman–Crippen MR) is 123 cm³/mol. The number of hydrogen-bond donors (Lipinski definition) is 2. The fourth-order valence-corrected chi connectivity index (χ4v) is 5.31. The summed E-state index contributed by atoms with van der Waals surface area (Å²) >= 11 is 0. The molecular weight excluding hydrogens is 404 g/mol. The van der Waals surface area contributed by atoms with Crippen LogP contribution in [0.15, 0.2) is 23.0 Å². The molecule has 0 amide bonds. The number of likely N-dealkylation sites (tertiary alicyclic amines) is 1. The van der Waals surface area contributed by atoms with Crippen molar-refractivity contribution in [3.8, 4) is 0 Å². The Hall–Kier alpha value is -2.58. The SMILES string of the molecule is Cc1cc2cc([C@@H](c3nnnn3C3CCCCC3)N3CCC(O)CC3)c(=O)[nH]c2cc1C. The van der Waals surface area contributed by atoms with Gasteiger partial charge >= 0.3 is 0 Å². The molecule has 5 rings (SSSR count). The van der Waals surface area contributed by atoms with Gasteiger partial charge in [0.15, 0.2) is 5.82 Å². The molecule has 1 aromatic carbocycles. The standard InChI is InChI=1S/C24H32N6O2/c1-15-12-17-14-20(24(32)25-21(17)13-16(15)2)22(29-10-8-19(31)9-11-29)23-26-27-28-30(23)18-6-4-3-5-7-18/h12-14,18-19,22,31H,3-11H2,1-2H3,(H,25,32)/t22-/m0/s1. The van der Waals surface area contributed by atoms with Gasteiger partial charge in [0.2, 0.25) is 0 Å². The molecule has 1 saturated heterocycles. The van der Waals surface area contributed by atoms with E-state index in [1.807, 2.05) is 16.8 Å². The normalized spacial score (nSPS) is 20.1. The maximum absolute atomic E-state index is 13.4. The molecular formula is C24H32N6O2. The second-order valence-electron chi connectivity index (χ2n) is 9.52. The van der Waals surface area contributed by atoms with E-state index < -0.39 is 0 Å². The number of benzene rings is 1. The number of aliphatic hydroxyl groups excluding tert-OH is 1. The van der Waals surface area contributed by atoms with Crippen LogP contribution in [-0.4, -0.2) is 54.4 Å². The smallest absolute Gasteiger partial charge is 0.253 e. The molecule has 1 saturated carbocycles. The molecule has 3 aromatic rings. The Balaban J connectivity index is 1.63. The number of nitrogens with one attached hydrogen (secondary N) is 1. The second-order valence-corrected chi connectivity index (χ2v) is 9.52. The Bertz CT molecular complexity index is 1150. The van der Waals surface area contributed by atoms with Crippen LogP contribution in [0.1, 0.15) is 79.5 Å². The lowest BCUT2D eigenvalue weighted by Crippen LogP contribution is -2.42. The number of piperidine rings is 1. The van der Waals surface area contributed by atoms with E-state index in [0.29, 0.717) is 31.5 Å². The van der Waals surface area contributed by atoms with Gasteiger partial charge in [-0.25, -0.2) is 4.68 Å². The van der Waals surface area contributed by atoms with E-state index in [0.717, 1.165) is 35.1 Å². The van der Waals surface area contributed by atoms with Gasteiger partial charge in [-0.2, -0.15) is 0 Å². The number of nitrogens with zero attached hydrogens (tertiary/aromatic N) is 5. The third kappa shape index (κ3) is 3.97. The van der Waals surface area contributed by atoms with Crippen LogP contribution >= 0.6 is 0 Å². The van der Waals surface area contributed by atoms with Gasteiger partial charge in [0.25, 0.3) is 5.56 Å². The molecule has 2 fully saturated rings. The van der Waals surface area contributed by atoms with Crippen molar-refractivity contribution in [3.05, 3.63) is 51.1 Å². The molecule has 2 N–H and O–H groups in total. The summed E-state index contributed by atoms with van der Waals surface area (Å²) in [6.45, 7) is 5.55. The second kappa shape index (κ2) is 8.75. The first-order valence-electron chi connectivity index (χ1n) is 11.9. The molecule has 32 heavy (non-hydrogen) atoms. The Morgan fingerprint density at radius 3 is 2.50 bits per heavy atom. The summed E-state index contributed by atoms with van der Waals surface area (Å²) in [6, 6.07) is 6.11. The molecule has 0 radical (unpaired) electrons. The Kier molecular flexibility index (Phi) is 5.82. The molecule has 3 heterocycles. The average Bonchev–Trinajstić information content (AvgIpc) is 3.27. The van der Waals surface area contributed by atoms with E-state index in [9.17, 15) is 9.90 Å². The number of aliphatic hydroxyl groups is 1. The quantitative estimate of drug-likeness (QED) is 0.652. The molecule has 2 aromatic heterocycles. The van der Waals surface area contributed by atoms with Crippen LogP contribution < -0.4 is 5.56 Å². The van der Waals surface area contributed by atoms with Crippen molar-refractivity contribution in [2.45, 2.75) is 77.0 Å². The van der Waals surface area contributed by atoms with Crippen LogP contribution in [0.25, 0.3) is 10.9 Å². The minimum Gasteiger partial charge on any atom is -0.393 e. The van der Waals surface area contributed by atoms with Gasteiger partial charge in [-0.15, -0.1) is 5.10 Å². The van der Waals surface area contributed by atoms with Crippen LogP contribution in [0.2, 0.25) is 0 Å². The first kappa shape index (κ1) is 21.3. The van der Waals surface area contributed by atoms with Crippen LogP contribution in [0, 0.1) is 13.8 Å². The number of aryl methyl sites for hydroxylation is 2. The van der Waals surface area contributed by atoms with Crippen molar-refractivity contribution in [1.82, 2.24) is 30.1 Å². The zero-order chi connectivity index (χ0) is 22.2. The summed E-state index contributed by atoms with van der Waals surface area (Å²) in [5.41, 5.74) is 3.77. The lowest BCUT2D eigenvalue weighted by Gasteiger charge is -2.36. The number of tetrazole rings is 1. The highest BCUT2D eigenvalue weighted by atomic mass is 16.3. The van der Waals surface area contributed by atoms with Crippen LogP contribution in [0.3, 0.4) is 0 Å². The summed E-state index contributed by atoms with van der Waals surface area (Å²) in [7, 11) is 0. The van der Waals surface area contributed by atoms with Gasteiger partial charge in [0, 0.05) is 24.2 Å². The van der Waals surface area contributed by atoms with Gasteiger partial charge in [0.1, 0.15) is 6.04 Å². The summed E-state index contributed by atoms with van der Waals surface area (Å²) in [4.78, 5) is 18.7. The molecule has 170 valence electrons. The highest BCUT2D eigenvalue weighted by molar-refractivity contribution is 5.81. The Labute approximate surface area is 187 Å². The van der Waals surface area contributed by atoms with Crippen LogP contribution in [0.4, 0.5) is 0 Å². The van der Waals surface area contributed by atoms with Crippen molar-refractivity contribution < 1.29 is 5.11 Å². The van der Waals surface area contributed by atoms with Crippen LogP contribution in [0.5, 0.6) is 0 Å². The first-order valence-corrected chi connectivity index (χ1v) is 11.9. The average molecular weight is 437 g/mol. The molecule has 1 aliphatic carbocycles. The van der Waals surface area contributed by atoms with E-state index in [1.54, 1.807) is 0 Å². The largest absolute Gasteiger partial charge is 0.393 e. The number of aromatic amines is 1. The number of rotatable bonds is 4. The first-order chi connectivity index (χ1) is 15.5. The third-order valence-corrected chi connectivity index (χ3v) is 7.33. The third-order valence-electron chi connectivity index (χ3n) is 7.33. The maximum Gasteiger partial charge on any atom is 0.253 e. The maximum atomic E-state index is 13.4. The summed E-state index contributed by atoms with van der Waals surface area (Å²) in [5.74, 6) is 0.738. The number of H-pyrrole nitrogens is 1. The summed E-state index contributed by atoms with van der Waals surface area (Å²) in [5, 5.41) is 24.0. The van der Waals surface area contributed by atoms with Gasteiger partial charge < -0.3 is 10.1 Å². The molecule has 8 heteroatoms. The molecule has 8 nitrogen and oxygen atoms in total. The van der Waals surface area contributed by atoms with E-state index in [1.165, 1.54) is 24.8 Å². The van der Waals surface area contributed by atoms with E-state index in [4.69, 9.17) is 0 Å². The van der Waals surface area contributed by atoms with E-state index in [2.05, 4.69) is 45.3 Å². The highest BCUT2D eigenvalue weighted by Gasteiger charge is 2.34. The topological polar surface area (TPSA) is 99.9 Å². The lowest BCUT2D eigenvalue weighted by molar-refractivity contribution is 0.0651. The monoisotopic (exact) mass is 436 g/mol. The van der Waals surface area contributed by atoms with Gasteiger partial charge in [-0.3, -0.25) is 9.69 Å². The Morgan fingerprint density at radius 1 is 1.03 bits per heavy atom. The molecule has 1 aliphatic heterocycles. The summed E-state index contributed by atoms with van der Waals surface area (Å²) < 4.78 is 1.97. The number of aromatic nitrogens is 5. The fourth-order valence-electron chi connectivity index (χ4n) is 5.31. The van der Waals surface area contributed by atoms with Gasteiger partial charge in [0.05, 0.1) is 12.1 Å². The number of fused-ring (bicyclic) bond motifs is 1.